The van der Waals surface area contributed by atoms with E-state index in [0.29, 0.717) is 37.4 Å². The van der Waals surface area contributed by atoms with Gasteiger partial charge in [-0.1, -0.05) is 44.5 Å². The van der Waals surface area contributed by atoms with Gasteiger partial charge < -0.3 is 30.6 Å². The molecule has 4 atom stereocenters. The lowest BCUT2D eigenvalue weighted by atomic mass is 9.96. The SMILES string of the molecule is CC[C@H](C)C1NC(=O)c2ccc(cc2)CN(Cc2nccn2C)CCCCNC(=O)[C@@H](C)NC(=O)[C@H](Cc2ccc(OC)cc2)NC1=O. The Balaban J connectivity index is 1.59. The van der Waals surface area contributed by atoms with Crippen LogP contribution in [0.4, 0.5) is 0 Å². The third kappa shape index (κ3) is 10.1. The predicted molar refractivity (Wildman–Crippen MR) is 183 cm³/mol. The highest BCUT2D eigenvalue weighted by Crippen LogP contribution is 2.16. The van der Waals surface area contributed by atoms with E-state index in [-0.39, 0.29) is 24.2 Å². The van der Waals surface area contributed by atoms with Gasteiger partial charge in [0.05, 0.1) is 13.7 Å². The smallest absolute Gasteiger partial charge is 0.251 e. The number of aryl methyl sites for hydroxylation is 1. The first-order valence-corrected chi connectivity index (χ1v) is 16.7. The number of ether oxygens (including phenoxy) is 1. The number of carbonyl (C=O) groups is 4. The quantitative estimate of drug-likeness (QED) is 0.286. The maximum absolute atomic E-state index is 13.8. The van der Waals surface area contributed by atoms with Crippen LogP contribution in [0.1, 0.15) is 67.3 Å². The Bertz CT molecular complexity index is 1520. The van der Waals surface area contributed by atoms with Crippen molar-refractivity contribution in [2.75, 3.05) is 20.2 Å². The van der Waals surface area contributed by atoms with Gasteiger partial charge in [-0.05, 0) is 67.6 Å². The Kier molecular flexibility index (Phi) is 13.1. The van der Waals surface area contributed by atoms with Crippen molar-refractivity contribution < 1.29 is 23.9 Å². The summed E-state index contributed by atoms with van der Waals surface area (Å²) < 4.78 is 7.25. The van der Waals surface area contributed by atoms with E-state index in [4.69, 9.17) is 4.74 Å². The molecule has 0 aliphatic carbocycles. The minimum Gasteiger partial charge on any atom is -0.497 e. The Morgan fingerprint density at radius 3 is 2.31 bits per heavy atom. The summed E-state index contributed by atoms with van der Waals surface area (Å²) in [7, 11) is 3.54. The number of rotatable bonds is 7. The van der Waals surface area contributed by atoms with Gasteiger partial charge in [-0.3, -0.25) is 24.1 Å². The zero-order chi connectivity index (χ0) is 34.6. The Morgan fingerprint density at radius 1 is 0.938 bits per heavy atom. The van der Waals surface area contributed by atoms with Crippen molar-refractivity contribution in [1.82, 2.24) is 35.7 Å². The Labute approximate surface area is 283 Å². The summed E-state index contributed by atoms with van der Waals surface area (Å²) in [6.07, 6.45) is 6.07. The fourth-order valence-electron chi connectivity index (χ4n) is 5.58. The maximum Gasteiger partial charge on any atom is 0.251 e. The number of carbonyl (C=O) groups excluding carboxylic acids is 4. The molecule has 258 valence electrons. The van der Waals surface area contributed by atoms with E-state index in [1.54, 1.807) is 44.5 Å². The lowest BCUT2D eigenvalue weighted by molar-refractivity contribution is -0.132. The van der Waals surface area contributed by atoms with Crippen LogP contribution in [-0.4, -0.2) is 76.4 Å². The predicted octanol–water partition coefficient (Wildman–Crippen LogP) is 2.72. The molecule has 0 saturated heterocycles. The third-order valence-electron chi connectivity index (χ3n) is 8.87. The van der Waals surface area contributed by atoms with Crippen LogP contribution < -0.4 is 26.0 Å². The number of aromatic nitrogens is 2. The summed E-state index contributed by atoms with van der Waals surface area (Å²) in [6, 6.07) is 11.9. The molecule has 12 heteroatoms. The summed E-state index contributed by atoms with van der Waals surface area (Å²) in [5.41, 5.74) is 2.27. The topological polar surface area (TPSA) is 147 Å². The lowest BCUT2D eigenvalue weighted by Crippen LogP contribution is -2.58. The third-order valence-corrected chi connectivity index (χ3v) is 8.87. The normalized spacial score (nSPS) is 21.3. The molecule has 1 unspecified atom stereocenters. The molecule has 4 N–H and O–H groups in total. The van der Waals surface area contributed by atoms with Crippen LogP contribution in [0.25, 0.3) is 0 Å². The number of methoxy groups -OCH3 is 1. The van der Waals surface area contributed by atoms with E-state index in [1.807, 2.05) is 55.9 Å². The molecular weight excluding hydrogens is 610 g/mol. The van der Waals surface area contributed by atoms with Gasteiger partial charge in [-0.15, -0.1) is 0 Å². The van der Waals surface area contributed by atoms with Crippen molar-refractivity contribution in [3.63, 3.8) is 0 Å². The van der Waals surface area contributed by atoms with Gasteiger partial charge in [0.1, 0.15) is 29.7 Å². The minimum absolute atomic E-state index is 0.174. The summed E-state index contributed by atoms with van der Waals surface area (Å²) in [5.74, 6) is -0.272. The number of benzene rings is 2. The first-order chi connectivity index (χ1) is 23.1. The molecule has 2 bridgehead atoms. The fraction of sp³-hybridized carbons (Fsp3) is 0.472. The lowest BCUT2D eigenvalue weighted by Gasteiger charge is -2.27. The highest BCUT2D eigenvalue weighted by molar-refractivity contribution is 5.99. The minimum atomic E-state index is -0.998. The molecule has 0 saturated carbocycles. The van der Waals surface area contributed by atoms with E-state index in [1.165, 1.54) is 0 Å². The van der Waals surface area contributed by atoms with Crippen molar-refractivity contribution in [3.05, 3.63) is 83.4 Å². The van der Waals surface area contributed by atoms with Crippen LogP contribution in [0.2, 0.25) is 0 Å². The van der Waals surface area contributed by atoms with Gasteiger partial charge in [-0.2, -0.15) is 0 Å². The first kappa shape index (κ1) is 36.1. The molecule has 3 heterocycles. The van der Waals surface area contributed by atoms with Crippen molar-refractivity contribution in [2.45, 2.75) is 77.7 Å². The van der Waals surface area contributed by atoms with Gasteiger partial charge >= 0.3 is 0 Å². The average molecular weight is 660 g/mol. The number of nitrogens with one attached hydrogen (secondary N) is 4. The molecule has 2 aliphatic rings. The fourth-order valence-corrected chi connectivity index (χ4v) is 5.58. The number of imidazole rings is 1. The molecular formula is C36H49N7O5. The maximum atomic E-state index is 13.8. The second kappa shape index (κ2) is 17.4. The molecule has 3 aromatic rings. The molecule has 12 nitrogen and oxygen atoms in total. The number of nitrogens with zero attached hydrogens (tertiary/aromatic N) is 3. The van der Waals surface area contributed by atoms with Crippen LogP contribution >= 0.6 is 0 Å². The summed E-state index contributed by atoms with van der Waals surface area (Å²) in [5, 5.41) is 11.5. The van der Waals surface area contributed by atoms with Crippen LogP contribution in [-0.2, 0) is 40.9 Å². The van der Waals surface area contributed by atoms with E-state index in [9.17, 15) is 19.2 Å². The molecule has 0 radical (unpaired) electrons. The molecule has 2 aromatic carbocycles. The van der Waals surface area contributed by atoms with Gasteiger partial charge in [0.25, 0.3) is 5.91 Å². The zero-order valence-corrected chi connectivity index (χ0v) is 28.6. The molecule has 0 spiro atoms. The van der Waals surface area contributed by atoms with Gasteiger partial charge in [0, 0.05) is 44.5 Å². The highest BCUT2D eigenvalue weighted by atomic mass is 16.5. The van der Waals surface area contributed by atoms with Crippen LogP contribution in [0.15, 0.2) is 60.9 Å². The first-order valence-electron chi connectivity index (χ1n) is 16.7. The van der Waals surface area contributed by atoms with E-state index in [2.05, 4.69) is 31.2 Å². The van der Waals surface area contributed by atoms with Crippen molar-refractivity contribution in [2.24, 2.45) is 13.0 Å². The van der Waals surface area contributed by atoms with E-state index >= 15 is 0 Å². The number of amides is 4. The highest BCUT2D eigenvalue weighted by Gasteiger charge is 2.31. The molecule has 4 amide bonds. The molecule has 5 rings (SSSR count). The van der Waals surface area contributed by atoms with Gasteiger partial charge in [0.15, 0.2) is 0 Å². The monoisotopic (exact) mass is 659 g/mol. The second-order valence-corrected chi connectivity index (χ2v) is 12.5. The van der Waals surface area contributed by atoms with E-state index < -0.39 is 29.9 Å². The van der Waals surface area contributed by atoms with Crippen LogP contribution in [0.5, 0.6) is 5.75 Å². The molecule has 1 aromatic heterocycles. The Morgan fingerprint density at radius 2 is 1.67 bits per heavy atom. The summed E-state index contributed by atoms with van der Waals surface area (Å²) in [6.45, 7) is 7.97. The molecule has 0 fully saturated rings. The van der Waals surface area contributed by atoms with Crippen molar-refractivity contribution >= 4 is 23.6 Å². The molecule has 2 aliphatic heterocycles. The number of hydrogen-bond donors (Lipinski definition) is 4. The van der Waals surface area contributed by atoms with Gasteiger partial charge in [0.2, 0.25) is 17.7 Å². The van der Waals surface area contributed by atoms with E-state index in [0.717, 1.165) is 36.3 Å². The number of fused-ring (bicyclic) bond motifs is 18. The zero-order valence-electron chi connectivity index (χ0n) is 28.6. The molecule has 48 heavy (non-hydrogen) atoms. The number of hydrogen-bond acceptors (Lipinski definition) is 7. The Hall–Kier alpha value is -4.71. The van der Waals surface area contributed by atoms with Gasteiger partial charge in [-0.25, -0.2) is 4.98 Å². The average Bonchev–Trinajstić information content (AvgIpc) is 3.49. The van der Waals surface area contributed by atoms with Crippen LogP contribution in [0, 0.1) is 5.92 Å². The van der Waals surface area contributed by atoms with Crippen molar-refractivity contribution in [3.8, 4) is 5.75 Å². The van der Waals surface area contributed by atoms with Crippen molar-refractivity contribution in [1.29, 1.82) is 0 Å². The summed E-state index contributed by atoms with van der Waals surface area (Å²) >= 11 is 0. The standard InChI is InChI=1S/C36H49N7O5/c1-6-24(2)32-36(47)40-30(21-26-11-15-29(48-5)16-12-26)35(46)39-25(3)33(44)38-17-7-8-19-43(23-31-37-18-20-42(31)4)22-27-9-13-28(14-10-27)34(45)41-32/h9-16,18,20,24-25,30,32H,6-8,17,19,21-23H2,1-5H3,(H,38,44)(H,39,46)(H,40,47)(H,41,45)/t24-,25+,30-,32?/m0/s1. The largest absolute Gasteiger partial charge is 0.497 e. The van der Waals surface area contributed by atoms with Crippen LogP contribution in [0.3, 0.4) is 0 Å². The second-order valence-electron chi connectivity index (χ2n) is 12.5. The summed E-state index contributed by atoms with van der Waals surface area (Å²) in [4.78, 5) is 60.6.